The smallest absolute Gasteiger partial charge is 0.123 e. The van der Waals surface area contributed by atoms with Crippen LogP contribution in [0.15, 0.2) is 84.9 Å². The van der Waals surface area contributed by atoms with Crippen molar-refractivity contribution in [2.45, 2.75) is 51.9 Å². The molecule has 2 atom stereocenters. The van der Waals surface area contributed by atoms with Crippen molar-refractivity contribution in [1.82, 2.24) is 0 Å². The van der Waals surface area contributed by atoms with Gasteiger partial charge in [0.15, 0.2) is 0 Å². The number of rotatable bonds is 2. The lowest BCUT2D eigenvalue weighted by Crippen LogP contribution is -2.37. The highest BCUT2D eigenvalue weighted by atomic mass is 31.2. The number of allylic oxidation sites excluding steroid dienone is 2. The minimum absolute atomic E-state index is 0.480. The number of fused-ring (bicyclic) bond motifs is 8. The zero-order valence-electron chi connectivity index (χ0n) is 26.6. The van der Waals surface area contributed by atoms with Gasteiger partial charge in [-0.3, -0.25) is 0 Å². The van der Waals surface area contributed by atoms with E-state index in [1.165, 1.54) is 66.2 Å². The Labute approximate surface area is 260 Å². The Bertz CT molecular complexity index is 1800. The van der Waals surface area contributed by atoms with Gasteiger partial charge >= 0.3 is 0 Å². The molecule has 1 heterocycles. The lowest BCUT2D eigenvalue weighted by molar-refractivity contribution is 1.08. The third-order valence-electron chi connectivity index (χ3n) is 10.1. The van der Waals surface area contributed by atoms with E-state index in [0.29, 0.717) is 11.3 Å². The largest absolute Gasteiger partial charge is 0.341 e. The predicted molar refractivity (Wildman–Crippen MR) is 196 cm³/mol. The summed E-state index contributed by atoms with van der Waals surface area (Å²) in [6, 6.07) is 28.3. The van der Waals surface area contributed by atoms with Crippen molar-refractivity contribution in [3.8, 4) is 0 Å². The topological polar surface area (TPSA) is 6.48 Å². The van der Waals surface area contributed by atoms with E-state index < -0.39 is 15.2 Å². The molecule has 0 aromatic heterocycles. The zero-order valence-corrected chi connectivity index (χ0v) is 28.4. The second kappa shape index (κ2) is 10.8. The second-order valence-electron chi connectivity index (χ2n) is 12.9. The quantitative estimate of drug-likeness (QED) is 0.213. The number of nitrogens with zero attached hydrogens (tertiary/aromatic N) is 2. The molecule has 4 aromatic rings. The van der Waals surface area contributed by atoms with Gasteiger partial charge in [0.25, 0.3) is 0 Å². The molecule has 3 aliphatic rings. The average Bonchev–Trinajstić information content (AvgIpc) is 3.69. The Hall–Kier alpha value is -3.18. The highest BCUT2D eigenvalue weighted by Crippen LogP contribution is 2.62. The third kappa shape index (κ3) is 4.29. The molecule has 2 unspecified atom stereocenters. The van der Waals surface area contributed by atoms with Gasteiger partial charge in [0.1, 0.15) is 10.6 Å². The minimum atomic E-state index is -1.88. The molecule has 0 saturated carbocycles. The van der Waals surface area contributed by atoms with Gasteiger partial charge in [0.05, 0.1) is 36.6 Å². The second-order valence-corrected chi connectivity index (χ2v) is 19.8. The molecule has 7 rings (SSSR count). The van der Waals surface area contributed by atoms with E-state index in [0.717, 1.165) is 12.8 Å². The number of benzene rings is 4. The maximum Gasteiger partial charge on any atom is 0.123 e. The van der Waals surface area contributed by atoms with E-state index in [9.17, 15) is 0 Å². The van der Waals surface area contributed by atoms with Gasteiger partial charge < -0.3 is 9.80 Å². The SMILES string of the molecule is CC(C)P1c2ccccc2N(C)c2ccccc2[P+](C)(C(C)C)c2ccc3c(c2N(C)c2c1ccc1c2C=CC1)CC=C3. The van der Waals surface area contributed by atoms with Crippen LogP contribution in [0.4, 0.5) is 22.7 Å². The Kier molecular flexibility index (Phi) is 7.16. The summed E-state index contributed by atoms with van der Waals surface area (Å²) < 4.78 is 0. The van der Waals surface area contributed by atoms with Crippen molar-refractivity contribution in [3.05, 3.63) is 107 Å². The summed E-state index contributed by atoms with van der Waals surface area (Å²) in [4.78, 5) is 5.15. The Balaban J connectivity index is 1.67. The van der Waals surface area contributed by atoms with Crippen molar-refractivity contribution in [3.63, 3.8) is 0 Å². The lowest BCUT2D eigenvalue weighted by atomic mass is 10.0. The van der Waals surface area contributed by atoms with E-state index in [-0.39, 0.29) is 0 Å². The van der Waals surface area contributed by atoms with Crippen LogP contribution in [-0.2, 0) is 12.8 Å². The molecule has 1 aliphatic heterocycles. The van der Waals surface area contributed by atoms with Crippen LogP contribution in [0.3, 0.4) is 0 Å². The van der Waals surface area contributed by atoms with Crippen molar-refractivity contribution in [1.29, 1.82) is 0 Å². The van der Waals surface area contributed by atoms with Gasteiger partial charge in [0, 0.05) is 36.0 Å². The molecule has 4 heteroatoms. The monoisotopic (exact) mass is 601 g/mol. The molecule has 4 aromatic carbocycles. The van der Waals surface area contributed by atoms with Crippen LogP contribution in [0, 0.1) is 0 Å². The Morgan fingerprint density at radius 2 is 1.40 bits per heavy atom. The van der Waals surface area contributed by atoms with Gasteiger partial charge in [-0.15, -0.1) is 0 Å². The molecular weight excluding hydrogens is 558 g/mol. The Morgan fingerprint density at radius 3 is 2.16 bits per heavy atom. The van der Waals surface area contributed by atoms with Crippen LogP contribution >= 0.6 is 15.2 Å². The summed E-state index contributed by atoms with van der Waals surface area (Å²) in [6.45, 7) is 12.3. The predicted octanol–water partition coefficient (Wildman–Crippen LogP) is 8.52. The molecular formula is C39H43N2P2+. The summed E-state index contributed by atoms with van der Waals surface area (Å²) in [5.41, 5.74) is 12.2. The number of hydrogen-bond acceptors (Lipinski definition) is 2. The first kappa shape index (κ1) is 28.6. The molecule has 0 radical (unpaired) electrons. The minimum Gasteiger partial charge on any atom is -0.341 e. The van der Waals surface area contributed by atoms with E-state index in [4.69, 9.17) is 0 Å². The van der Waals surface area contributed by atoms with Gasteiger partial charge in [-0.1, -0.05) is 86.7 Å². The highest BCUT2D eigenvalue weighted by molar-refractivity contribution is 7.90. The van der Waals surface area contributed by atoms with Gasteiger partial charge in [-0.05, 0) is 81.2 Å². The zero-order chi connectivity index (χ0) is 30.0. The average molecular weight is 602 g/mol. The number of anilines is 4. The van der Waals surface area contributed by atoms with Crippen LogP contribution in [0.5, 0.6) is 0 Å². The summed E-state index contributed by atoms with van der Waals surface area (Å²) in [6.07, 6.45) is 11.4. The van der Waals surface area contributed by atoms with E-state index in [2.05, 4.69) is 155 Å². The summed E-state index contributed by atoms with van der Waals surface area (Å²) in [5.74, 6) is 0. The first-order valence-corrected chi connectivity index (χ1v) is 19.4. The van der Waals surface area contributed by atoms with Crippen LogP contribution in [0.25, 0.3) is 12.2 Å². The van der Waals surface area contributed by atoms with Crippen LogP contribution in [0.1, 0.15) is 49.9 Å². The maximum atomic E-state index is 2.64. The molecule has 0 saturated heterocycles. The van der Waals surface area contributed by atoms with E-state index >= 15 is 0 Å². The molecule has 218 valence electrons. The third-order valence-corrected chi connectivity index (χ3v) is 17.7. The fourth-order valence-electron chi connectivity index (χ4n) is 7.62. The molecule has 0 bridgehead atoms. The lowest BCUT2D eigenvalue weighted by Gasteiger charge is -2.39. The summed E-state index contributed by atoms with van der Waals surface area (Å²) in [7, 11) is 2.14. The summed E-state index contributed by atoms with van der Waals surface area (Å²) in [5, 5.41) is 5.98. The maximum absolute atomic E-state index is 2.64. The first-order chi connectivity index (χ1) is 20.7. The van der Waals surface area contributed by atoms with Crippen molar-refractivity contribution < 1.29 is 0 Å². The van der Waals surface area contributed by atoms with Gasteiger partial charge in [-0.25, -0.2) is 0 Å². The van der Waals surface area contributed by atoms with Crippen LogP contribution in [0.2, 0.25) is 0 Å². The molecule has 2 aliphatic carbocycles. The first-order valence-electron chi connectivity index (χ1n) is 15.7. The fourth-order valence-corrected chi connectivity index (χ4v) is 14.0. The Morgan fingerprint density at radius 1 is 0.674 bits per heavy atom. The normalized spacial score (nSPS) is 20.3. The highest BCUT2D eigenvalue weighted by Gasteiger charge is 2.47. The van der Waals surface area contributed by atoms with Crippen LogP contribution in [-0.4, -0.2) is 32.1 Å². The van der Waals surface area contributed by atoms with E-state index in [1.807, 2.05) is 0 Å². The molecule has 43 heavy (non-hydrogen) atoms. The number of hydrogen-bond donors (Lipinski definition) is 0. The van der Waals surface area contributed by atoms with Gasteiger partial charge in [0.2, 0.25) is 0 Å². The molecule has 0 spiro atoms. The van der Waals surface area contributed by atoms with Crippen molar-refractivity contribution >= 4 is 71.3 Å². The molecule has 2 nitrogen and oxygen atoms in total. The number of para-hydroxylation sites is 2. The van der Waals surface area contributed by atoms with Crippen molar-refractivity contribution in [2.24, 2.45) is 0 Å². The van der Waals surface area contributed by atoms with Gasteiger partial charge in [-0.2, -0.15) is 0 Å². The molecule has 0 amide bonds. The van der Waals surface area contributed by atoms with E-state index in [1.54, 1.807) is 0 Å². The molecule has 0 N–H and O–H groups in total. The van der Waals surface area contributed by atoms with Crippen LogP contribution < -0.4 is 31.0 Å². The standard InChI is InChI=1S/C39H43N2P2/c1-26(2)42-34-20-10-8-18-32(34)40(5)33-19-9-11-21-36(33)43(7,27(3)4)37-25-23-29-15-13-17-31(29)39(37)41(6)38-30-16-12-14-28(30)22-24-35(38)42/h8-13,15-16,18-27H,14,17H2,1-7H3/q+1. The summed E-state index contributed by atoms with van der Waals surface area (Å²) >= 11 is 0. The van der Waals surface area contributed by atoms with Crippen molar-refractivity contribution in [2.75, 3.05) is 30.6 Å². The molecule has 0 fully saturated rings. The fraction of sp³-hybridized carbons (Fsp3) is 0.282.